The van der Waals surface area contributed by atoms with Crippen molar-refractivity contribution in [1.29, 1.82) is 0 Å². The second-order valence-corrected chi connectivity index (χ2v) is 7.37. The van der Waals surface area contributed by atoms with Gasteiger partial charge in [0.25, 0.3) is 5.91 Å². The van der Waals surface area contributed by atoms with Crippen molar-refractivity contribution in [2.45, 2.75) is 44.4 Å². The van der Waals surface area contributed by atoms with Crippen LogP contribution >= 0.6 is 12.4 Å². The van der Waals surface area contributed by atoms with Crippen LogP contribution in [0.4, 0.5) is 0 Å². The van der Waals surface area contributed by atoms with E-state index in [1.54, 1.807) is 0 Å². The number of amides is 1. The van der Waals surface area contributed by atoms with Crippen molar-refractivity contribution in [1.82, 2.24) is 25.2 Å². The molecule has 0 saturated carbocycles. The first-order valence-corrected chi connectivity index (χ1v) is 9.87. The molecular weight excluding hydrogens is 378 g/mol. The van der Waals surface area contributed by atoms with Crippen LogP contribution in [0.15, 0.2) is 36.5 Å². The molecule has 1 amide bonds. The first kappa shape index (κ1) is 20.8. The van der Waals surface area contributed by atoms with Gasteiger partial charge < -0.3 is 15.0 Å². The van der Waals surface area contributed by atoms with Crippen LogP contribution in [0.25, 0.3) is 0 Å². The van der Waals surface area contributed by atoms with Crippen LogP contribution in [-0.2, 0) is 11.3 Å². The van der Waals surface area contributed by atoms with Gasteiger partial charge in [0, 0.05) is 19.7 Å². The number of ether oxygens (including phenoxy) is 1. The van der Waals surface area contributed by atoms with Crippen molar-refractivity contribution in [2.75, 3.05) is 26.2 Å². The summed E-state index contributed by atoms with van der Waals surface area (Å²) in [6.07, 6.45) is 6.01. The van der Waals surface area contributed by atoms with E-state index >= 15 is 0 Å². The molecule has 2 fully saturated rings. The highest BCUT2D eigenvalue weighted by atomic mass is 35.5. The average Bonchev–Trinajstić information content (AvgIpc) is 3.41. The summed E-state index contributed by atoms with van der Waals surface area (Å²) >= 11 is 0. The van der Waals surface area contributed by atoms with Crippen LogP contribution < -0.4 is 5.32 Å². The van der Waals surface area contributed by atoms with Gasteiger partial charge in [-0.1, -0.05) is 35.5 Å². The first-order valence-electron chi connectivity index (χ1n) is 9.87. The molecule has 152 valence electrons. The maximum Gasteiger partial charge on any atom is 0.276 e. The van der Waals surface area contributed by atoms with E-state index in [0.717, 1.165) is 50.9 Å². The van der Waals surface area contributed by atoms with Crippen LogP contribution in [0, 0.1) is 0 Å². The molecule has 2 aliphatic heterocycles. The summed E-state index contributed by atoms with van der Waals surface area (Å²) in [4.78, 5) is 15.0. The third-order valence-electron chi connectivity index (χ3n) is 5.36. The van der Waals surface area contributed by atoms with Crippen molar-refractivity contribution in [3.05, 3.63) is 47.8 Å². The van der Waals surface area contributed by atoms with Gasteiger partial charge in [-0.05, 0) is 44.3 Å². The summed E-state index contributed by atoms with van der Waals surface area (Å²) in [5.74, 6) is -0.0745. The van der Waals surface area contributed by atoms with E-state index < -0.39 is 0 Å². The second kappa shape index (κ2) is 10.0. The van der Waals surface area contributed by atoms with E-state index in [1.165, 1.54) is 0 Å². The van der Waals surface area contributed by atoms with Crippen molar-refractivity contribution in [3.8, 4) is 0 Å². The molecule has 8 heteroatoms. The van der Waals surface area contributed by atoms with E-state index in [1.807, 2.05) is 46.1 Å². The molecule has 1 aromatic heterocycles. The molecule has 0 bridgehead atoms. The highest BCUT2D eigenvalue weighted by Crippen LogP contribution is 2.19. The number of rotatable bonds is 6. The Balaban J connectivity index is 0.00000225. The van der Waals surface area contributed by atoms with Gasteiger partial charge in [-0.2, -0.15) is 0 Å². The number of halogens is 1. The van der Waals surface area contributed by atoms with Gasteiger partial charge >= 0.3 is 0 Å². The Labute approximate surface area is 171 Å². The predicted octanol–water partition coefficient (Wildman–Crippen LogP) is 2.45. The Hall–Kier alpha value is -1.96. The molecule has 0 radical (unpaired) electrons. The zero-order chi connectivity index (χ0) is 18.5. The average molecular weight is 406 g/mol. The summed E-state index contributed by atoms with van der Waals surface area (Å²) in [6.45, 7) is 3.89. The maximum absolute atomic E-state index is 13.2. The molecule has 1 atom stereocenters. The van der Waals surface area contributed by atoms with Crippen LogP contribution in [0.5, 0.6) is 0 Å². The predicted molar refractivity (Wildman–Crippen MR) is 109 cm³/mol. The molecule has 7 nitrogen and oxygen atoms in total. The molecule has 0 aliphatic carbocycles. The zero-order valence-corrected chi connectivity index (χ0v) is 16.8. The number of aromatic nitrogens is 3. The summed E-state index contributed by atoms with van der Waals surface area (Å²) in [6, 6.07) is 10.4. The number of carbonyl (C=O) groups excluding carboxylic acids is 1. The molecule has 28 heavy (non-hydrogen) atoms. The minimum atomic E-state index is -0.0745. The van der Waals surface area contributed by atoms with Crippen LogP contribution in [-0.4, -0.2) is 58.1 Å². The van der Waals surface area contributed by atoms with E-state index in [-0.39, 0.29) is 24.4 Å². The first-order chi connectivity index (χ1) is 13.3. The zero-order valence-electron chi connectivity index (χ0n) is 16.0. The molecule has 2 saturated heterocycles. The van der Waals surface area contributed by atoms with Gasteiger partial charge in [0.2, 0.25) is 0 Å². The van der Waals surface area contributed by atoms with Gasteiger partial charge in [0.05, 0.1) is 18.3 Å². The lowest BCUT2D eigenvalue weighted by Crippen LogP contribution is -2.37. The SMILES string of the molecule is Cl.O=C(c1cn(C2CCNCC2)nn1)N(Cc1ccccc1)CC1CCCO1. The highest BCUT2D eigenvalue weighted by molar-refractivity contribution is 5.92. The molecule has 2 aromatic rings. The fourth-order valence-corrected chi connectivity index (χ4v) is 3.84. The summed E-state index contributed by atoms with van der Waals surface area (Å²) in [5.41, 5.74) is 1.53. The molecule has 1 aromatic carbocycles. The van der Waals surface area contributed by atoms with Crippen molar-refractivity contribution < 1.29 is 9.53 Å². The lowest BCUT2D eigenvalue weighted by atomic mass is 10.1. The standard InChI is InChI=1S/C20H27N5O2.ClH/c26-20(19-15-25(23-22-19)17-8-10-21-11-9-17)24(14-18-7-4-12-27-18)13-16-5-2-1-3-6-16;/h1-3,5-6,15,17-18,21H,4,7-14H2;1H. The van der Waals surface area contributed by atoms with E-state index in [0.29, 0.717) is 24.8 Å². The van der Waals surface area contributed by atoms with Gasteiger partial charge in [0.15, 0.2) is 5.69 Å². The molecule has 1 unspecified atom stereocenters. The quantitative estimate of drug-likeness (QED) is 0.799. The Morgan fingerprint density at radius 1 is 1.21 bits per heavy atom. The normalized spacial score (nSPS) is 19.9. The molecule has 1 N–H and O–H groups in total. The monoisotopic (exact) mass is 405 g/mol. The van der Waals surface area contributed by atoms with Gasteiger partial charge in [-0.15, -0.1) is 17.5 Å². The Kier molecular flexibility index (Phi) is 7.42. The molecule has 4 rings (SSSR count). The largest absolute Gasteiger partial charge is 0.376 e. The third kappa shape index (κ3) is 5.10. The Morgan fingerprint density at radius 2 is 2.00 bits per heavy atom. The lowest BCUT2D eigenvalue weighted by molar-refractivity contribution is 0.0503. The van der Waals surface area contributed by atoms with Crippen molar-refractivity contribution in [2.24, 2.45) is 0 Å². The summed E-state index contributed by atoms with van der Waals surface area (Å²) in [5, 5.41) is 11.8. The number of piperidine rings is 1. The number of benzene rings is 1. The smallest absolute Gasteiger partial charge is 0.276 e. The van der Waals surface area contributed by atoms with Crippen molar-refractivity contribution >= 4 is 18.3 Å². The van der Waals surface area contributed by atoms with Crippen LogP contribution in [0.3, 0.4) is 0 Å². The minimum Gasteiger partial charge on any atom is -0.376 e. The number of hydrogen-bond acceptors (Lipinski definition) is 5. The number of nitrogens with one attached hydrogen (secondary N) is 1. The lowest BCUT2D eigenvalue weighted by Gasteiger charge is -2.25. The maximum atomic E-state index is 13.2. The van der Waals surface area contributed by atoms with Gasteiger partial charge in [-0.3, -0.25) is 4.79 Å². The Morgan fingerprint density at radius 3 is 2.71 bits per heavy atom. The molecule has 3 heterocycles. The molecular formula is C20H28ClN5O2. The van der Waals surface area contributed by atoms with Crippen molar-refractivity contribution in [3.63, 3.8) is 0 Å². The second-order valence-electron chi connectivity index (χ2n) is 7.37. The van der Waals surface area contributed by atoms with Crippen LogP contribution in [0.2, 0.25) is 0 Å². The van der Waals surface area contributed by atoms with E-state index in [9.17, 15) is 4.79 Å². The number of nitrogens with zero attached hydrogens (tertiary/aromatic N) is 4. The number of carbonyl (C=O) groups is 1. The minimum absolute atomic E-state index is 0. The molecule has 0 spiro atoms. The van der Waals surface area contributed by atoms with Gasteiger partial charge in [-0.25, -0.2) is 4.68 Å². The fraction of sp³-hybridized carbons (Fsp3) is 0.550. The summed E-state index contributed by atoms with van der Waals surface area (Å²) in [7, 11) is 0. The topological polar surface area (TPSA) is 72.3 Å². The number of hydrogen-bond donors (Lipinski definition) is 1. The van der Waals surface area contributed by atoms with Crippen LogP contribution in [0.1, 0.15) is 47.8 Å². The van der Waals surface area contributed by atoms with E-state index in [2.05, 4.69) is 15.6 Å². The fourth-order valence-electron chi connectivity index (χ4n) is 3.84. The molecule has 2 aliphatic rings. The third-order valence-corrected chi connectivity index (χ3v) is 5.36. The van der Waals surface area contributed by atoms with Gasteiger partial charge in [0.1, 0.15) is 0 Å². The highest BCUT2D eigenvalue weighted by Gasteiger charge is 2.26. The Bertz CT molecular complexity index is 742. The summed E-state index contributed by atoms with van der Waals surface area (Å²) < 4.78 is 7.63. The van der Waals surface area contributed by atoms with E-state index in [4.69, 9.17) is 4.74 Å².